The summed E-state index contributed by atoms with van der Waals surface area (Å²) in [5.74, 6) is 0.0985. The smallest absolute Gasteiger partial charge is 0.255 e. The van der Waals surface area contributed by atoms with E-state index in [-0.39, 0.29) is 5.91 Å². The van der Waals surface area contributed by atoms with E-state index >= 15 is 0 Å². The highest BCUT2D eigenvalue weighted by atomic mass is 16.2. The van der Waals surface area contributed by atoms with Crippen LogP contribution in [0.5, 0.6) is 0 Å². The van der Waals surface area contributed by atoms with Crippen LogP contribution in [0.1, 0.15) is 30.1 Å². The van der Waals surface area contributed by atoms with Gasteiger partial charge in [0.1, 0.15) is 0 Å². The summed E-state index contributed by atoms with van der Waals surface area (Å²) in [5, 5.41) is 0. The third-order valence-corrected chi connectivity index (χ3v) is 4.05. The van der Waals surface area contributed by atoms with Crippen molar-refractivity contribution >= 4 is 11.6 Å². The number of likely N-dealkylation sites (N-methyl/N-ethyl adjacent to an activating group) is 1. The lowest BCUT2D eigenvalue weighted by Gasteiger charge is -2.32. The van der Waals surface area contributed by atoms with Crippen LogP contribution in [0.25, 0.3) is 0 Å². The number of unbranched alkanes of at least 4 members (excludes halogenated alkanes) is 1. The molecule has 1 saturated heterocycles. The molecule has 1 amide bonds. The molecule has 0 aromatic carbocycles. The lowest BCUT2D eigenvalue weighted by Crippen LogP contribution is -2.47. The number of hydrogen-bond acceptors (Lipinski definition) is 4. The van der Waals surface area contributed by atoms with E-state index in [1.165, 1.54) is 0 Å². The zero-order valence-electron chi connectivity index (χ0n) is 13.4. The summed E-state index contributed by atoms with van der Waals surface area (Å²) < 4.78 is 0. The fraction of sp³-hybridized carbons (Fsp3) is 0.625. The van der Waals surface area contributed by atoms with Gasteiger partial charge >= 0.3 is 0 Å². The molecule has 0 N–H and O–H groups in total. The van der Waals surface area contributed by atoms with Crippen LogP contribution in [0, 0.1) is 0 Å². The van der Waals surface area contributed by atoms with Gasteiger partial charge in [0.05, 0.1) is 17.4 Å². The van der Waals surface area contributed by atoms with Gasteiger partial charge in [0, 0.05) is 46.0 Å². The van der Waals surface area contributed by atoms with E-state index in [1.807, 2.05) is 17.2 Å². The molecule has 0 saturated carbocycles. The third-order valence-electron chi connectivity index (χ3n) is 4.05. The van der Waals surface area contributed by atoms with E-state index in [0.29, 0.717) is 5.56 Å². The Morgan fingerprint density at radius 2 is 2.00 bits per heavy atom. The number of hydrogen-bond donors (Lipinski definition) is 0. The van der Waals surface area contributed by atoms with Gasteiger partial charge < -0.3 is 14.7 Å². The number of aromatic nitrogens is 1. The van der Waals surface area contributed by atoms with Crippen LogP contribution in [0.2, 0.25) is 0 Å². The van der Waals surface area contributed by atoms with E-state index in [1.54, 1.807) is 6.20 Å². The summed E-state index contributed by atoms with van der Waals surface area (Å²) in [6.45, 7) is 6.64. The Morgan fingerprint density at radius 3 is 2.67 bits per heavy atom. The normalized spacial score (nSPS) is 16.0. The van der Waals surface area contributed by atoms with Gasteiger partial charge in [0.25, 0.3) is 5.91 Å². The molecule has 0 unspecified atom stereocenters. The number of carbonyl (C=O) groups excluding carboxylic acids is 1. The quantitative estimate of drug-likeness (QED) is 0.827. The molecule has 1 aromatic rings. The largest absolute Gasteiger partial charge is 0.373 e. The zero-order valence-corrected chi connectivity index (χ0v) is 13.4. The number of anilines is 1. The molecule has 2 rings (SSSR count). The van der Waals surface area contributed by atoms with Gasteiger partial charge in [-0.1, -0.05) is 13.3 Å². The molecule has 1 fully saturated rings. The second kappa shape index (κ2) is 7.41. The molecular formula is C16H26N4O. The number of piperazine rings is 1. The number of amides is 1. The fourth-order valence-electron chi connectivity index (χ4n) is 2.47. The van der Waals surface area contributed by atoms with E-state index in [2.05, 4.69) is 35.8 Å². The predicted octanol–water partition coefficient (Wildman–Crippen LogP) is 1.71. The molecule has 0 radical (unpaired) electrons. The average Bonchev–Trinajstić information content (AvgIpc) is 2.52. The summed E-state index contributed by atoms with van der Waals surface area (Å²) in [5.41, 5.74) is 1.71. The van der Waals surface area contributed by atoms with Crippen LogP contribution in [-0.4, -0.2) is 67.5 Å². The third kappa shape index (κ3) is 4.17. The predicted molar refractivity (Wildman–Crippen MR) is 85.8 cm³/mol. The van der Waals surface area contributed by atoms with Crippen LogP contribution in [0.4, 0.5) is 5.69 Å². The minimum absolute atomic E-state index is 0.0985. The molecule has 5 heteroatoms. The van der Waals surface area contributed by atoms with E-state index in [4.69, 9.17) is 0 Å². The molecular weight excluding hydrogens is 264 g/mol. The average molecular weight is 290 g/mol. The Bertz CT molecular complexity index is 469. The molecule has 1 aliphatic rings. The summed E-state index contributed by atoms with van der Waals surface area (Å²) in [7, 11) is 4.14. The summed E-state index contributed by atoms with van der Waals surface area (Å²) >= 11 is 0. The van der Waals surface area contributed by atoms with Gasteiger partial charge in [-0.3, -0.25) is 9.78 Å². The van der Waals surface area contributed by atoms with Gasteiger partial charge in [0.15, 0.2) is 0 Å². The number of carbonyl (C=O) groups is 1. The number of pyridine rings is 1. The minimum Gasteiger partial charge on any atom is -0.373 e. The van der Waals surface area contributed by atoms with Gasteiger partial charge in [-0.25, -0.2) is 0 Å². The monoisotopic (exact) mass is 290 g/mol. The minimum atomic E-state index is 0.0985. The molecule has 5 nitrogen and oxygen atoms in total. The van der Waals surface area contributed by atoms with Crippen LogP contribution >= 0.6 is 0 Å². The van der Waals surface area contributed by atoms with Crippen molar-refractivity contribution in [2.24, 2.45) is 0 Å². The molecule has 0 bridgehead atoms. The first-order valence-electron chi connectivity index (χ1n) is 7.76. The molecule has 0 atom stereocenters. The van der Waals surface area contributed by atoms with Gasteiger partial charge in [0.2, 0.25) is 0 Å². The Morgan fingerprint density at radius 1 is 1.29 bits per heavy atom. The van der Waals surface area contributed by atoms with Crippen molar-refractivity contribution < 1.29 is 4.79 Å². The van der Waals surface area contributed by atoms with Crippen molar-refractivity contribution in [3.05, 3.63) is 24.0 Å². The van der Waals surface area contributed by atoms with Gasteiger partial charge in [-0.05, 0) is 19.5 Å². The van der Waals surface area contributed by atoms with Crippen molar-refractivity contribution in [1.82, 2.24) is 14.8 Å². The van der Waals surface area contributed by atoms with Gasteiger partial charge in [-0.15, -0.1) is 0 Å². The van der Waals surface area contributed by atoms with Crippen molar-refractivity contribution in [3.8, 4) is 0 Å². The Labute approximate surface area is 127 Å². The number of rotatable bonds is 5. The topological polar surface area (TPSA) is 39.7 Å². The standard InChI is InChI=1S/C16H26N4O/c1-4-5-6-19(3)15-11-14(12-17-13-15)16(21)20-9-7-18(2)8-10-20/h11-13H,4-10H2,1-3H3. The molecule has 1 aliphatic heterocycles. The van der Waals surface area contributed by atoms with Crippen LogP contribution in [0.15, 0.2) is 18.5 Å². The van der Waals surface area contributed by atoms with Crippen molar-refractivity contribution in [3.63, 3.8) is 0 Å². The first-order valence-corrected chi connectivity index (χ1v) is 7.76. The second-order valence-corrected chi connectivity index (χ2v) is 5.80. The first kappa shape index (κ1) is 15.8. The van der Waals surface area contributed by atoms with Crippen LogP contribution in [-0.2, 0) is 0 Å². The summed E-state index contributed by atoms with van der Waals surface area (Å²) in [4.78, 5) is 23.1. The highest BCUT2D eigenvalue weighted by Crippen LogP contribution is 2.16. The molecule has 1 aromatic heterocycles. The Kier molecular flexibility index (Phi) is 5.56. The SMILES string of the molecule is CCCCN(C)c1cncc(C(=O)N2CCN(C)CC2)c1. The highest BCUT2D eigenvalue weighted by molar-refractivity contribution is 5.94. The zero-order chi connectivity index (χ0) is 15.2. The van der Waals surface area contributed by atoms with E-state index in [9.17, 15) is 4.79 Å². The van der Waals surface area contributed by atoms with Crippen molar-refractivity contribution in [2.45, 2.75) is 19.8 Å². The molecule has 21 heavy (non-hydrogen) atoms. The Balaban J connectivity index is 2.04. The highest BCUT2D eigenvalue weighted by Gasteiger charge is 2.21. The summed E-state index contributed by atoms with van der Waals surface area (Å²) in [6.07, 6.45) is 5.82. The summed E-state index contributed by atoms with van der Waals surface area (Å²) in [6, 6.07) is 1.96. The van der Waals surface area contributed by atoms with Crippen LogP contribution in [0.3, 0.4) is 0 Å². The lowest BCUT2D eigenvalue weighted by atomic mass is 10.2. The molecule has 2 heterocycles. The van der Waals surface area contributed by atoms with E-state index < -0.39 is 0 Å². The second-order valence-electron chi connectivity index (χ2n) is 5.80. The maximum absolute atomic E-state index is 12.5. The van der Waals surface area contributed by atoms with Crippen molar-refractivity contribution in [1.29, 1.82) is 0 Å². The van der Waals surface area contributed by atoms with Crippen LogP contribution < -0.4 is 4.90 Å². The fourth-order valence-corrected chi connectivity index (χ4v) is 2.47. The molecule has 0 aliphatic carbocycles. The van der Waals surface area contributed by atoms with Gasteiger partial charge in [-0.2, -0.15) is 0 Å². The first-order chi connectivity index (χ1) is 10.1. The molecule has 116 valence electrons. The maximum Gasteiger partial charge on any atom is 0.255 e. The Hall–Kier alpha value is -1.62. The molecule has 0 spiro atoms. The van der Waals surface area contributed by atoms with E-state index in [0.717, 1.165) is 51.3 Å². The number of nitrogens with zero attached hydrogens (tertiary/aromatic N) is 4. The van der Waals surface area contributed by atoms with Crippen molar-refractivity contribution in [2.75, 3.05) is 51.7 Å². The maximum atomic E-state index is 12.5. The lowest BCUT2D eigenvalue weighted by molar-refractivity contribution is 0.0663.